The van der Waals surface area contributed by atoms with Crippen molar-refractivity contribution in [2.24, 2.45) is 0 Å². The van der Waals surface area contributed by atoms with Gasteiger partial charge in [0.25, 0.3) is 11.5 Å². The summed E-state index contributed by atoms with van der Waals surface area (Å²) in [7, 11) is 0. The Morgan fingerprint density at radius 1 is 1.26 bits per heavy atom. The molecule has 0 radical (unpaired) electrons. The number of rotatable bonds is 5. The molecular formula is C24H28N4O3. The van der Waals surface area contributed by atoms with Gasteiger partial charge in [0, 0.05) is 24.2 Å². The van der Waals surface area contributed by atoms with E-state index in [9.17, 15) is 9.59 Å². The maximum absolute atomic E-state index is 13.4. The van der Waals surface area contributed by atoms with Gasteiger partial charge in [0.15, 0.2) is 0 Å². The molecule has 7 nitrogen and oxygen atoms in total. The van der Waals surface area contributed by atoms with E-state index in [1.807, 2.05) is 51.1 Å². The summed E-state index contributed by atoms with van der Waals surface area (Å²) >= 11 is 0. The van der Waals surface area contributed by atoms with Crippen LogP contribution < -0.4 is 5.56 Å². The minimum atomic E-state index is -0.265. The molecule has 1 atom stereocenters. The molecule has 0 bridgehead atoms. The molecule has 1 aliphatic rings. The highest BCUT2D eigenvalue weighted by molar-refractivity contribution is 5.96. The normalized spacial score (nSPS) is 16.3. The van der Waals surface area contributed by atoms with E-state index in [0.29, 0.717) is 47.1 Å². The summed E-state index contributed by atoms with van der Waals surface area (Å²) in [5.41, 5.74) is 3.47. The smallest absolute Gasteiger partial charge is 0.260 e. The number of aromatic nitrogens is 3. The Labute approximate surface area is 181 Å². The van der Waals surface area contributed by atoms with Gasteiger partial charge in [-0.1, -0.05) is 49.3 Å². The van der Waals surface area contributed by atoms with E-state index in [4.69, 9.17) is 9.51 Å². The second kappa shape index (κ2) is 8.49. The second-order valence-corrected chi connectivity index (χ2v) is 8.49. The van der Waals surface area contributed by atoms with E-state index in [1.54, 1.807) is 11.8 Å². The molecule has 3 aromatic rings. The van der Waals surface area contributed by atoms with Gasteiger partial charge in [-0.25, -0.2) is 4.98 Å². The molecule has 1 saturated heterocycles. The first-order valence-corrected chi connectivity index (χ1v) is 10.8. The third kappa shape index (κ3) is 4.04. The molecule has 4 rings (SSSR count). The lowest BCUT2D eigenvalue weighted by Gasteiger charge is -2.24. The number of carbonyl (C=O) groups is 1. The topological polar surface area (TPSA) is 92.1 Å². The van der Waals surface area contributed by atoms with Crippen molar-refractivity contribution in [3.05, 3.63) is 80.3 Å². The van der Waals surface area contributed by atoms with Gasteiger partial charge in [0.2, 0.25) is 0 Å². The largest absolute Gasteiger partial charge is 0.361 e. The predicted molar refractivity (Wildman–Crippen MR) is 117 cm³/mol. The minimum Gasteiger partial charge on any atom is -0.361 e. The van der Waals surface area contributed by atoms with Gasteiger partial charge in [0.05, 0.1) is 11.7 Å². The first kappa shape index (κ1) is 21.0. The molecule has 3 heterocycles. The van der Waals surface area contributed by atoms with Crippen LogP contribution in [0.2, 0.25) is 0 Å². The molecule has 1 amide bonds. The minimum absolute atomic E-state index is 0.0786. The summed E-state index contributed by atoms with van der Waals surface area (Å²) < 4.78 is 5.32. The number of nitrogens with one attached hydrogen (secondary N) is 1. The summed E-state index contributed by atoms with van der Waals surface area (Å²) in [6.07, 6.45) is 2.14. The Kier molecular flexibility index (Phi) is 5.76. The highest BCUT2D eigenvalue weighted by Gasteiger charge is 2.36. The zero-order valence-corrected chi connectivity index (χ0v) is 18.4. The standard InChI is InChI=1S/C24H28N4O3/c1-14(2)21-20(16(4)31-27-21)24(30)28-12-8-11-19(28)22-25-15(3)18(23(29)26-22)13-17-9-6-5-7-10-17/h5-7,9-10,14,19H,8,11-13H2,1-4H3,(H,25,26,29)/t19-/m1/s1. The molecule has 1 aromatic carbocycles. The highest BCUT2D eigenvalue weighted by Crippen LogP contribution is 2.33. The lowest BCUT2D eigenvalue weighted by atomic mass is 10.0. The summed E-state index contributed by atoms with van der Waals surface area (Å²) in [5.74, 6) is 1.04. The van der Waals surface area contributed by atoms with Crippen molar-refractivity contribution >= 4 is 5.91 Å². The van der Waals surface area contributed by atoms with Gasteiger partial charge in [-0.05, 0) is 38.2 Å². The third-order valence-corrected chi connectivity index (χ3v) is 5.94. The SMILES string of the molecule is Cc1nc([C@H]2CCCN2C(=O)c2c(C(C)C)noc2C)[nH]c(=O)c1Cc1ccccc1. The van der Waals surface area contributed by atoms with Crippen molar-refractivity contribution in [2.45, 2.75) is 58.9 Å². The van der Waals surface area contributed by atoms with Crippen molar-refractivity contribution in [2.75, 3.05) is 6.54 Å². The van der Waals surface area contributed by atoms with Crippen molar-refractivity contribution in [3.8, 4) is 0 Å². The number of hydrogen-bond donors (Lipinski definition) is 1. The molecule has 1 fully saturated rings. The number of aryl methyl sites for hydroxylation is 2. The molecule has 0 saturated carbocycles. The van der Waals surface area contributed by atoms with Crippen LogP contribution in [0.4, 0.5) is 0 Å². The predicted octanol–water partition coefficient (Wildman–Crippen LogP) is 4.07. The first-order valence-electron chi connectivity index (χ1n) is 10.8. The van der Waals surface area contributed by atoms with Crippen LogP contribution in [0.5, 0.6) is 0 Å². The maximum atomic E-state index is 13.4. The van der Waals surface area contributed by atoms with Crippen LogP contribution in [0.3, 0.4) is 0 Å². The summed E-state index contributed by atoms with van der Waals surface area (Å²) in [5, 5.41) is 4.09. The van der Waals surface area contributed by atoms with Crippen LogP contribution in [0, 0.1) is 13.8 Å². The van der Waals surface area contributed by atoms with Crippen LogP contribution in [-0.2, 0) is 6.42 Å². The van der Waals surface area contributed by atoms with E-state index < -0.39 is 0 Å². The van der Waals surface area contributed by atoms with E-state index in [1.165, 1.54) is 0 Å². The number of H-pyrrole nitrogens is 1. The summed E-state index contributed by atoms with van der Waals surface area (Å²) in [6.45, 7) is 8.21. The monoisotopic (exact) mass is 420 g/mol. The molecule has 31 heavy (non-hydrogen) atoms. The fourth-order valence-corrected chi connectivity index (χ4v) is 4.28. The van der Waals surface area contributed by atoms with Crippen LogP contribution in [0.25, 0.3) is 0 Å². The van der Waals surface area contributed by atoms with Gasteiger partial charge in [0.1, 0.15) is 17.1 Å². The lowest BCUT2D eigenvalue weighted by Crippen LogP contribution is -2.34. The summed E-state index contributed by atoms with van der Waals surface area (Å²) in [4.78, 5) is 35.8. The number of amides is 1. The molecule has 0 unspecified atom stereocenters. The Balaban J connectivity index is 1.64. The Hall–Kier alpha value is -3.22. The van der Waals surface area contributed by atoms with E-state index in [0.717, 1.165) is 18.4 Å². The number of aromatic amines is 1. The van der Waals surface area contributed by atoms with E-state index >= 15 is 0 Å². The third-order valence-electron chi connectivity index (χ3n) is 5.94. The number of benzene rings is 1. The quantitative estimate of drug-likeness (QED) is 0.672. The summed E-state index contributed by atoms with van der Waals surface area (Å²) in [6, 6.07) is 9.60. The number of hydrogen-bond acceptors (Lipinski definition) is 5. The molecular weight excluding hydrogens is 392 g/mol. The first-order chi connectivity index (χ1) is 14.9. The maximum Gasteiger partial charge on any atom is 0.260 e. The average Bonchev–Trinajstić information content (AvgIpc) is 3.38. The van der Waals surface area contributed by atoms with Crippen LogP contribution in [0.15, 0.2) is 39.6 Å². The Morgan fingerprint density at radius 3 is 2.68 bits per heavy atom. The zero-order valence-electron chi connectivity index (χ0n) is 18.4. The van der Waals surface area contributed by atoms with Gasteiger partial charge in [-0.15, -0.1) is 0 Å². The zero-order chi connectivity index (χ0) is 22.1. The fourth-order valence-electron chi connectivity index (χ4n) is 4.28. The van der Waals surface area contributed by atoms with Crippen LogP contribution >= 0.6 is 0 Å². The van der Waals surface area contributed by atoms with Gasteiger partial charge in [-0.3, -0.25) is 9.59 Å². The van der Waals surface area contributed by atoms with Crippen LogP contribution in [-0.4, -0.2) is 32.5 Å². The lowest BCUT2D eigenvalue weighted by molar-refractivity contribution is 0.0726. The second-order valence-electron chi connectivity index (χ2n) is 8.49. The molecule has 0 aliphatic carbocycles. The number of nitrogens with zero attached hydrogens (tertiary/aromatic N) is 3. The van der Waals surface area contributed by atoms with Gasteiger partial charge >= 0.3 is 0 Å². The van der Waals surface area contributed by atoms with Crippen LogP contribution in [0.1, 0.15) is 83.1 Å². The van der Waals surface area contributed by atoms with Crippen molar-refractivity contribution in [1.82, 2.24) is 20.0 Å². The average molecular weight is 421 g/mol. The number of likely N-dealkylation sites (tertiary alicyclic amines) is 1. The van der Waals surface area contributed by atoms with Gasteiger partial charge in [-0.2, -0.15) is 0 Å². The molecule has 162 valence electrons. The van der Waals surface area contributed by atoms with E-state index in [2.05, 4.69) is 10.1 Å². The van der Waals surface area contributed by atoms with Crippen molar-refractivity contribution in [3.63, 3.8) is 0 Å². The molecule has 7 heteroatoms. The Bertz CT molecular complexity index is 1150. The van der Waals surface area contributed by atoms with Gasteiger partial charge < -0.3 is 14.4 Å². The molecule has 1 N–H and O–H groups in total. The number of carbonyl (C=O) groups excluding carboxylic acids is 1. The van der Waals surface area contributed by atoms with E-state index in [-0.39, 0.29) is 23.4 Å². The van der Waals surface area contributed by atoms with Crippen molar-refractivity contribution < 1.29 is 9.32 Å². The molecule has 2 aromatic heterocycles. The Morgan fingerprint density at radius 2 is 2.00 bits per heavy atom. The molecule has 0 spiro atoms. The molecule has 1 aliphatic heterocycles. The van der Waals surface area contributed by atoms with Crippen molar-refractivity contribution in [1.29, 1.82) is 0 Å². The fraction of sp³-hybridized carbons (Fsp3) is 0.417. The highest BCUT2D eigenvalue weighted by atomic mass is 16.5.